The van der Waals surface area contributed by atoms with Gasteiger partial charge in [-0.05, 0) is 43.4 Å². The Morgan fingerprint density at radius 3 is 2.39 bits per heavy atom. The first-order valence-corrected chi connectivity index (χ1v) is 15.7. The summed E-state index contributed by atoms with van der Waals surface area (Å²) in [6.45, 7) is 0.804. The maximum Gasteiger partial charge on any atom is 0.395 e. The molecule has 1 aliphatic heterocycles. The Morgan fingerprint density at radius 2 is 1.79 bits per heavy atom. The number of hydrogen-bond acceptors (Lipinski definition) is 7. The Bertz CT molecular complexity index is 1330. The highest BCUT2D eigenvalue weighted by Gasteiger charge is 2.47. The van der Waals surface area contributed by atoms with E-state index >= 15 is 0 Å². The van der Waals surface area contributed by atoms with Gasteiger partial charge in [-0.15, -0.1) is 11.3 Å². The molecule has 2 saturated carbocycles. The highest BCUT2D eigenvalue weighted by Crippen LogP contribution is 2.51. The van der Waals surface area contributed by atoms with Crippen molar-refractivity contribution in [2.75, 3.05) is 29.5 Å². The normalized spacial score (nSPS) is 24.5. The molecule has 6 nitrogen and oxygen atoms in total. The van der Waals surface area contributed by atoms with Gasteiger partial charge in [0.25, 0.3) is 0 Å². The molecule has 0 bridgehead atoms. The molecule has 3 aliphatic rings. The maximum atomic E-state index is 13.3. The zero-order chi connectivity index (χ0) is 27.1. The van der Waals surface area contributed by atoms with Gasteiger partial charge >= 0.3 is 6.18 Å². The van der Waals surface area contributed by atoms with Gasteiger partial charge in [-0.1, -0.05) is 25.0 Å². The van der Waals surface area contributed by atoms with Crippen LogP contribution in [0.25, 0.3) is 10.4 Å². The molecule has 0 amide bonds. The summed E-state index contributed by atoms with van der Waals surface area (Å²) in [6.07, 6.45) is -0.766. The maximum absolute atomic E-state index is 13.3. The minimum absolute atomic E-state index is 0.0136. The number of alkyl halides is 3. The molecule has 1 aromatic carbocycles. The average Bonchev–Trinajstić information content (AvgIpc) is 3.53. The highest BCUT2D eigenvalue weighted by atomic mass is 32.2. The Balaban J connectivity index is 1.45. The molecule has 1 aromatic heterocycles. The Morgan fingerprint density at radius 1 is 1.13 bits per heavy atom. The number of ketones is 1. The second-order valence-corrected chi connectivity index (χ2v) is 14.2. The summed E-state index contributed by atoms with van der Waals surface area (Å²) in [4.78, 5) is 20.5. The summed E-state index contributed by atoms with van der Waals surface area (Å²) in [6, 6.07) is 9.72. The largest absolute Gasteiger partial charge is 0.395 e. The van der Waals surface area contributed by atoms with Gasteiger partial charge in [0, 0.05) is 37.0 Å². The summed E-state index contributed by atoms with van der Waals surface area (Å²) < 4.78 is 63.5. The van der Waals surface area contributed by atoms with Crippen LogP contribution in [0.2, 0.25) is 0 Å². The summed E-state index contributed by atoms with van der Waals surface area (Å²) in [5.41, 5.74) is 1.61. The van der Waals surface area contributed by atoms with E-state index in [0.29, 0.717) is 36.5 Å². The lowest BCUT2D eigenvalue weighted by Crippen LogP contribution is -2.40. The summed E-state index contributed by atoms with van der Waals surface area (Å²) in [7, 11) is -3.01. The third-order valence-electron chi connectivity index (χ3n) is 8.02. The fourth-order valence-corrected chi connectivity index (χ4v) is 8.04. The number of thiazole rings is 1. The van der Waals surface area contributed by atoms with Crippen LogP contribution in [0, 0.1) is 22.7 Å². The standard InChI is InChI=1S/C27H30F3N3O3S2/c28-27(29,30)16-23-32-24(21-4-2-1-3-20(21)22(34)15-26(17-31)9-10-26)25(37-23)18-5-7-19(8-6-18)33-11-13-38(35,36)14-12-33/h5-8,20-21H,1-4,9-16H2/t20-,21-/m1/s1. The molecular weight excluding hydrogens is 535 g/mol. The van der Waals surface area contributed by atoms with Crippen molar-refractivity contribution in [1.29, 1.82) is 5.26 Å². The first-order chi connectivity index (χ1) is 18.0. The molecule has 1 saturated heterocycles. The van der Waals surface area contributed by atoms with Gasteiger partial charge in [0.05, 0.1) is 40.0 Å². The van der Waals surface area contributed by atoms with Gasteiger partial charge in [0.2, 0.25) is 0 Å². The van der Waals surface area contributed by atoms with Crippen LogP contribution >= 0.6 is 11.3 Å². The van der Waals surface area contributed by atoms with E-state index in [9.17, 15) is 31.6 Å². The van der Waals surface area contributed by atoms with E-state index < -0.39 is 27.8 Å². The minimum atomic E-state index is -4.39. The van der Waals surface area contributed by atoms with E-state index in [1.165, 1.54) is 0 Å². The predicted octanol–water partition coefficient (Wildman–Crippen LogP) is 5.69. The first-order valence-electron chi connectivity index (χ1n) is 13.0. The molecule has 2 heterocycles. The topological polar surface area (TPSA) is 91.1 Å². The number of nitriles is 1. The lowest BCUT2D eigenvalue weighted by atomic mass is 9.73. The average molecular weight is 566 g/mol. The molecular formula is C27H30F3N3O3S2. The molecule has 5 rings (SSSR count). The van der Waals surface area contributed by atoms with Crippen LogP contribution in [0.5, 0.6) is 0 Å². The van der Waals surface area contributed by atoms with Crippen LogP contribution in [-0.2, 0) is 21.1 Å². The number of carbonyl (C=O) groups is 1. The number of anilines is 1. The first kappa shape index (κ1) is 27.1. The summed E-state index contributed by atoms with van der Waals surface area (Å²) >= 11 is 1.03. The second-order valence-electron chi connectivity index (χ2n) is 10.8. The van der Waals surface area contributed by atoms with Gasteiger partial charge in [0.1, 0.15) is 10.8 Å². The van der Waals surface area contributed by atoms with Crippen molar-refractivity contribution in [2.24, 2.45) is 11.3 Å². The number of aromatic nitrogens is 1. The predicted molar refractivity (Wildman–Crippen MR) is 140 cm³/mol. The van der Waals surface area contributed by atoms with Gasteiger partial charge < -0.3 is 4.90 Å². The fourth-order valence-electron chi connectivity index (χ4n) is 5.66. The molecule has 38 heavy (non-hydrogen) atoms. The van der Waals surface area contributed by atoms with Crippen molar-refractivity contribution in [3.63, 3.8) is 0 Å². The van der Waals surface area contributed by atoms with E-state index in [4.69, 9.17) is 0 Å². The molecule has 2 aliphatic carbocycles. The van der Waals surface area contributed by atoms with Crippen molar-refractivity contribution >= 4 is 32.6 Å². The Kier molecular flexibility index (Phi) is 7.33. The third-order valence-corrected chi connectivity index (χ3v) is 10.8. The SMILES string of the molecule is N#CC1(CC(=O)[C@@H]2CCCC[C@H]2c2nc(CC(F)(F)F)sc2-c2ccc(N3CCS(=O)(=O)CC3)cc2)CC1. The van der Waals surface area contributed by atoms with Gasteiger partial charge in [-0.3, -0.25) is 4.79 Å². The number of hydrogen-bond donors (Lipinski definition) is 0. The van der Waals surface area contributed by atoms with E-state index in [1.54, 1.807) is 0 Å². The molecule has 0 spiro atoms. The van der Waals surface area contributed by atoms with Crippen LogP contribution in [-0.4, -0.2) is 50.0 Å². The molecule has 0 N–H and O–H groups in total. The fraction of sp³-hybridized carbons (Fsp3) is 0.593. The van der Waals surface area contributed by atoms with E-state index in [2.05, 4.69) is 11.1 Å². The molecule has 0 radical (unpaired) electrons. The van der Waals surface area contributed by atoms with Crippen LogP contribution < -0.4 is 4.90 Å². The number of rotatable bonds is 7. The number of nitrogens with zero attached hydrogens (tertiary/aromatic N) is 3. The Labute approximate surface area is 224 Å². The van der Waals surface area contributed by atoms with Crippen molar-refractivity contribution in [3.05, 3.63) is 35.0 Å². The number of benzene rings is 1. The summed E-state index contributed by atoms with van der Waals surface area (Å²) in [5.74, 6) is -0.396. The van der Waals surface area contributed by atoms with Crippen molar-refractivity contribution in [1.82, 2.24) is 4.98 Å². The molecule has 2 aromatic rings. The number of carbonyl (C=O) groups excluding carboxylic acids is 1. The van der Waals surface area contributed by atoms with Crippen LogP contribution in [0.15, 0.2) is 24.3 Å². The van der Waals surface area contributed by atoms with Gasteiger partial charge in [0.15, 0.2) is 9.84 Å². The summed E-state index contributed by atoms with van der Waals surface area (Å²) in [5, 5.41) is 9.47. The van der Waals surface area contributed by atoms with E-state index in [0.717, 1.165) is 48.3 Å². The van der Waals surface area contributed by atoms with E-state index in [-0.39, 0.29) is 40.6 Å². The third kappa shape index (κ3) is 6.07. The molecule has 11 heteroatoms. The molecule has 0 unspecified atom stereocenters. The van der Waals surface area contributed by atoms with Crippen LogP contribution in [0.4, 0.5) is 18.9 Å². The van der Waals surface area contributed by atoms with Crippen molar-refractivity contribution in [2.45, 2.75) is 63.5 Å². The minimum Gasteiger partial charge on any atom is -0.369 e. The highest BCUT2D eigenvalue weighted by molar-refractivity contribution is 7.91. The molecule has 2 atom stereocenters. The van der Waals surface area contributed by atoms with Gasteiger partial charge in [-0.25, -0.2) is 13.4 Å². The zero-order valence-electron chi connectivity index (χ0n) is 21.0. The number of Topliss-reactive ketones (excluding diaryl/α,β-unsaturated/α-hetero) is 1. The van der Waals surface area contributed by atoms with Crippen molar-refractivity contribution < 1.29 is 26.4 Å². The monoisotopic (exact) mass is 565 g/mol. The van der Waals surface area contributed by atoms with Gasteiger partial charge in [-0.2, -0.15) is 18.4 Å². The van der Waals surface area contributed by atoms with Crippen LogP contribution in [0.3, 0.4) is 0 Å². The quantitative estimate of drug-likeness (QED) is 0.429. The van der Waals surface area contributed by atoms with Crippen LogP contribution in [0.1, 0.15) is 61.6 Å². The lowest BCUT2D eigenvalue weighted by molar-refractivity contribution is -0.127. The number of halogens is 3. The van der Waals surface area contributed by atoms with Crippen molar-refractivity contribution in [3.8, 4) is 16.5 Å². The smallest absolute Gasteiger partial charge is 0.369 e. The zero-order valence-corrected chi connectivity index (χ0v) is 22.6. The molecule has 204 valence electrons. The van der Waals surface area contributed by atoms with E-state index in [1.807, 2.05) is 29.2 Å². The lowest BCUT2D eigenvalue weighted by Gasteiger charge is -2.31. The number of sulfone groups is 1. The Hall–Kier alpha value is -2.45. The second kappa shape index (κ2) is 10.3. The molecule has 3 fully saturated rings.